The van der Waals surface area contributed by atoms with Crippen LogP contribution in [-0.4, -0.2) is 48.8 Å². The van der Waals surface area contributed by atoms with Gasteiger partial charge in [0.15, 0.2) is 11.6 Å². The molecule has 16 heteroatoms. The summed E-state index contributed by atoms with van der Waals surface area (Å²) in [5.74, 6) is -6.63. The predicted octanol–water partition coefficient (Wildman–Crippen LogP) is 6.09. The maximum Gasteiger partial charge on any atom is 0.329 e. The number of ketones is 1. The number of carbonyl (C=O) groups is 3. The Labute approximate surface area is 261 Å². The molecule has 0 bridgehead atoms. The molecule has 0 spiro atoms. The number of nitrogen functional groups attached to an aromatic ring is 1. The van der Waals surface area contributed by atoms with Crippen LogP contribution in [0.5, 0.6) is 11.6 Å². The zero-order valence-corrected chi connectivity index (χ0v) is 25.0. The van der Waals surface area contributed by atoms with Crippen molar-refractivity contribution in [2.24, 2.45) is 0 Å². The maximum atomic E-state index is 14.0. The number of aromatic amines is 1. The number of urea groups is 1. The van der Waals surface area contributed by atoms with Crippen molar-refractivity contribution in [2.45, 2.75) is 37.0 Å². The van der Waals surface area contributed by atoms with E-state index in [1.165, 1.54) is 61.3 Å². The number of carbonyl (C=O) groups excluding carboxylic acids is 3. The van der Waals surface area contributed by atoms with E-state index < -0.39 is 46.4 Å². The minimum Gasteiger partial charge on any atom is -0.433 e. The summed E-state index contributed by atoms with van der Waals surface area (Å²) in [6, 6.07) is 8.09. The van der Waals surface area contributed by atoms with Crippen molar-refractivity contribution < 1.29 is 36.7 Å². The van der Waals surface area contributed by atoms with E-state index in [1.807, 2.05) is 0 Å². The molecule has 11 nitrogen and oxygen atoms in total. The molecular formula is C30H23F4N7O4S. The number of halogens is 4. The van der Waals surface area contributed by atoms with Gasteiger partial charge in [-0.2, -0.15) is 13.9 Å². The molecule has 0 unspecified atom stereocenters. The Morgan fingerprint density at radius 3 is 2.41 bits per heavy atom. The van der Waals surface area contributed by atoms with Crippen molar-refractivity contribution in [2.75, 3.05) is 10.6 Å². The fraction of sp³-hybridized carbons (Fsp3) is 0.167. The fourth-order valence-corrected chi connectivity index (χ4v) is 5.62. The van der Waals surface area contributed by atoms with Crippen molar-refractivity contribution in [1.82, 2.24) is 25.1 Å². The molecule has 0 atom stereocenters. The zero-order valence-electron chi connectivity index (χ0n) is 24.2. The van der Waals surface area contributed by atoms with Gasteiger partial charge in [-0.3, -0.25) is 9.59 Å². The van der Waals surface area contributed by atoms with Crippen LogP contribution in [0.3, 0.4) is 0 Å². The molecule has 1 aliphatic heterocycles. The standard InChI is InChI=1S/C30H23F4N7O4S/c1-13-7-23(45-25-16(31)5-4-6-17(25)32)36-12-21(13)41-26(35)15(11-37-41)24(42)19-8-14-9-22(46-28(33)34)20(10-18(14)38-19)40-27(43)30(2,3)39-29(40)44/h4-12,28,38H,35H2,1-3H3,(H,39,44). The molecule has 6 rings (SSSR count). The molecule has 1 aliphatic rings. The monoisotopic (exact) mass is 653 g/mol. The third kappa shape index (κ3) is 5.29. The second-order valence-electron chi connectivity index (χ2n) is 10.8. The SMILES string of the molecule is Cc1cc(Oc2c(F)cccc2F)ncc1-n1ncc(C(=O)c2cc3cc(SC(F)F)c(N4C(=O)NC(C)(C)C4=O)cc3[nH]2)c1N. The topological polar surface area (TPSA) is 148 Å². The predicted molar refractivity (Wildman–Crippen MR) is 161 cm³/mol. The van der Waals surface area contributed by atoms with Crippen LogP contribution in [0.15, 0.2) is 59.8 Å². The summed E-state index contributed by atoms with van der Waals surface area (Å²) >= 11 is 0.161. The number of imide groups is 1. The second kappa shape index (κ2) is 11.2. The maximum absolute atomic E-state index is 14.0. The number of anilines is 2. The highest BCUT2D eigenvalue weighted by molar-refractivity contribution is 7.99. The molecule has 1 fully saturated rings. The van der Waals surface area contributed by atoms with E-state index in [0.717, 1.165) is 17.0 Å². The number of benzene rings is 2. The number of rotatable bonds is 8. The third-order valence-electron chi connectivity index (χ3n) is 7.23. The Balaban J connectivity index is 1.32. The summed E-state index contributed by atoms with van der Waals surface area (Å²) < 4.78 is 61.6. The van der Waals surface area contributed by atoms with Gasteiger partial charge in [0, 0.05) is 21.9 Å². The largest absolute Gasteiger partial charge is 0.433 e. The number of H-pyrrole nitrogens is 1. The van der Waals surface area contributed by atoms with Crippen LogP contribution in [0, 0.1) is 18.6 Å². The van der Waals surface area contributed by atoms with Crippen LogP contribution in [0.1, 0.15) is 35.5 Å². The second-order valence-corrected chi connectivity index (χ2v) is 11.8. The summed E-state index contributed by atoms with van der Waals surface area (Å²) in [6.07, 6.45) is 2.55. The van der Waals surface area contributed by atoms with Gasteiger partial charge < -0.3 is 20.8 Å². The first-order valence-electron chi connectivity index (χ1n) is 13.5. The van der Waals surface area contributed by atoms with Crippen molar-refractivity contribution in [3.05, 3.63) is 83.3 Å². The molecule has 4 N–H and O–H groups in total. The lowest BCUT2D eigenvalue weighted by Gasteiger charge is -2.19. The quantitative estimate of drug-likeness (QED) is 0.0789. The molecule has 236 valence electrons. The first-order chi connectivity index (χ1) is 21.7. The number of fused-ring (bicyclic) bond motifs is 1. The fourth-order valence-electron chi connectivity index (χ4n) is 4.96. The van der Waals surface area contributed by atoms with Crippen molar-refractivity contribution >= 4 is 51.9 Å². The van der Waals surface area contributed by atoms with E-state index in [0.29, 0.717) is 22.2 Å². The van der Waals surface area contributed by atoms with Crippen molar-refractivity contribution in [3.8, 4) is 17.3 Å². The van der Waals surface area contributed by atoms with Crippen molar-refractivity contribution in [1.29, 1.82) is 0 Å². The molecule has 0 aliphatic carbocycles. The van der Waals surface area contributed by atoms with Crippen LogP contribution in [-0.2, 0) is 4.79 Å². The number of nitrogens with zero attached hydrogens (tertiary/aromatic N) is 4. The van der Waals surface area contributed by atoms with E-state index >= 15 is 0 Å². The van der Waals surface area contributed by atoms with E-state index in [2.05, 4.69) is 20.4 Å². The number of alkyl halides is 2. The average molecular weight is 654 g/mol. The highest BCUT2D eigenvalue weighted by atomic mass is 32.2. The van der Waals surface area contributed by atoms with Crippen LogP contribution >= 0.6 is 11.8 Å². The first kappa shape index (κ1) is 30.6. The molecule has 2 aromatic carbocycles. The Bertz CT molecular complexity index is 2060. The van der Waals surface area contributed by atoms with Crippen LogP contribution < -0.4 is 20.7 Å². The van der Waals surface area contributed by atoms with Gasteiger partial charge in [-0.05, 0) is 56.7 Å². The van der Waals surface area contributed by atoms with Gasteiger partial charge in [-0.1, -0.05) is 17.8 Å². The smallest absolute Gasteiger partial charge is 0.329 e. The Morgan fingerprint density at radius 1 is 1.07 bits per heavy atom. The minimum atomic E-state index is -2.85. The summed E-state index contributed by atoms with van der Waals surface area (Å²) in [5.41, 5.74) is 6.19. The Hall–Kier alpha value is -5.38. The molecular weight excluding hydrogens is 630 g/mol. The van der Waals surface area contributed by atoms with E-state index in [4.69, 9.17) is 10.5 Å². The number of nitrogens with one attached hydrogen (secondary N) is 2. The number of aromatic nitrogens is 4. The van der Waals surface area contributed by atoms with Crippen LogP contribution in [0.4, 0.5) is 33.9 Å². The lowest BCUT2D eigenvalue weighted by atomic mass is 10.1. The van der Waals surface area contributed by atoms with Gasteiger partial charge in [0.1, 0.15) is 11.4 Å². The van der Waals surface area contributed by atoms with E-state index in [-0.39, 0.29) is 45.3 Å². The van der Waals surface area contributed by atoms with Crippen LogP contribution in [0.25, 0.3) is 16.6 Å². The van der Waals surface area contributed by atoms with Crippen LogP contribution in [0.2, 0.25) is 0 Å². The summed E-state index contributed by atoms with van der Waals surface area (Å²) in [6.45, 7) is 4.64. The molecule has 5 aromatic rings. The average Bonchev–Trinajstić information content (AvgIpc) is 3.62. The third-order valence-corrected chi connectivity index (χ3v) is 7.98. The molecule has 3 amide bonds. The van der Waals surface area contributed by atoms with Gasteiger partial charge >= 0.3 is 6.03 Å². The number of hydrogen-bond acceptors (Lipinski definition) is 8. The number of amides is 3. The highest BCUT2D eigenvalue weighted by Gasteiger charge is 2.46. The van der Waals surface area contributed by atoms with Gasteiger partial charge in [-0.25, -0.2) is 28.1 Å². The summed E-state index contributed by atoms with van der Waals surface area (Å²) in [7, 11) is 0. The number of hydrogen-bond donors (Lipinski definition) is 3. The minimum absolute atomic E-state index is 0.00189. The van der Waals surface area contributed by atoms with E-state index in [1.54, 1.807) is 6.92 Å². The highest BCUT2D eigenvalue weighted by Crippen LogP contribution is 2.40. The first-order valence-corrected chi connectivity index (χ1v) is 14.4. The van der Waals surface area contributed by atoms with Gasteiger partial charge in [0.25, 0.3) is 11.7 Å². The number of para-hydroxylation sites is 1. The molecule has 3 aromatic heterocycles. The number of ether oxygens (including phenoxy) is 1. The molecule has 0 saturated carbocycles. The lowest BCUT2D eigenvalue weighted by molar-refractivity contribution is -0.121. The zero-order chi connectivity index (χ0) is 33.1. The van der Waals surface area contributed by atoms with Crippen molar-refractivity contribution in [3.63, 3.8) is 0 Å². The summed E-state index contributed by atoms with van der Waals surface area (Å²) in [5, 5.41) is 7.10. The molecule has 46 heavy (non-hydrogen) atoms. The van der Waals surface area contributed by atoms with Gasteiger partial charge in [0.05, 0.1) is 35.0 Å². The number of nitrogens with two attached hydrogens (primary N) is 1. The Kier molecular flexibility index (Phi) is 7.46. The lowest BCUT2D eigenvalue weighted by Crippen LogP contribution is -2.40. The number of thioether (sulfide) groups is 1. The Morgan fingerprint density at radius 2 is 1.78 bits per heavy atom. The van der Waals surface area contributed by atoms with Gasteiger partial charge in [-0.15, -0.1) is 0 Å². The number of aryl methyl sites for hydroxylation is 1. The summed E-state index contributed by atoms with van der Waals surface area (Å²) in [4.78, 5) is 46.9. The number of pyridine rings is 1. The van der Waals surface area contributed by atoms with Gasteiger partial charge in [0.2, 0.25) is 17.4 Å². The normalized spacial score (nSPS) is 14.4. The van der Waals surface area contributed by atoms with E-state index in [9.17, 15) is 31.9 Å². The molecule has 1 saturated heterocycles. The molecule has 0 radical (unpaired) electrons. The molecule has 4 heterocycles.